The topological polar surface area (TPSA) is 91.5 Å². The molecule has 0 saturated carbocycles. The Balaban J connectivity index is 1.70. The van der Waals surface area contributed by atoms with Crippen molar-refractivity contribution in [3.63, 3.8) is 0 Å². The van der Waals surface area contributed by atoms with E-state index in [0.717, 1.165) is 4.90 Å². The van der Waals surface area contributed by atoms with E-state index >= 15 is 0 Å². The molecule has 3 rings (SSSR count). The first kappa shape index (κ1) is 18.7. The zero-order chi connectivity index (χ0) is 19.2. The van der Waals surface area contributed by atoms with Gasteiger partial charge in [0.05, 0.1) is 24.0 Å². The minimum absolute atomic E-state index is 0.333. The number of ether oxygens (including phenoxy) is 2. The molecule has 0 amide bonds. The van der Waals surface area contributed by atoms with Crippen LogP contribution >= 0.6 is 11.8 Å². The third kappa shape index (κ3) is 4.73. The molecule has 0 bridgehead atoms. The highest BCUT2D eigenvalue weighted by molar-refractivity contribution is 7.98. The molecule has 27 heavy (non-hydrogen) atoms. The van der Waals surface area contributed by atoms with Gasteiger partial charge in [0, 0.05) is 4.90 Å². The highest BCUT2D eigenvalue weighted by Gasteiger charge is 2.15. The fourth-order valence-corrected chi connectivity index (χ4v) is 3.12. The van der Waals surface area contributed by atoms with Gasteiger partial charge in [0.15, 0.2) is 5.82 Å². The molecule has 0 aliphatic heterocycles. The van der Waals surface area contributed by atoms with Crippen LogP contribution in [0.2, 0.25) is 0 Å². The van der Waals surface area contributed by atoms with E-state index in [2.05, 4.69) is 14.9 Å². The third-order valence-corrected chi connectivity index (χ3v) is 4.57. The number of methoxy groups -OCH3 is 1. The summed E-state index contributed by atoms with van der Waals surface area (Å²) < 4.78 is 15.1. The number of hydrogen-bond acceptors (Lipinski definition) is 8. The van der Waals surface area contributed by atoms with Gasteiger partial charge >= 0.3 is 11.9 Å². The number of aryl methyl sites for hydroxylation is 1. The van der Waals surface area contributed by atoms with E-state index in [-0.39, 0.29) is 0 Å². The molecule has 7 nitrogen and oxygen atoms in total. The van der Waals surface area contributed by atoms with Crippen molar-refractivity contribution in [2.75, 3.05) is 7.11 Å². The monoisotopic (exact) mass is 384 g/mol. The molecule has 0 spiro atoms. The van der Waals surface area contributed by atoms with E-state index < -0.39 is 11.9 Å². The van der Waals surface area contributed by atoms with Crippen LogP contribution in [0.1, 0.15) is 32.4 Å². The number of esters is 2. The number of carbonyl (C=O) groups excluding carboxylic acids is 2. The Morgan fingerprint density at radius 1 is 1.07 bits per heavy atom. The number of hydrogen-bond donors (Lipinski definition) is 0. The number of benzene rings is 2. The lowest BCUT2D eigenvalue weighted by Gasteiger charge is -2.09. The Bertz CT molecular complexity index is 953. The van der Waals surface area contributed by atoms with Crippen molar-refractivity contribution in [1.82, 2.24) is 10.1 Å². The third-order valence-electron chi connectivity index (χ3n) is 3.51. The maximum absolute atomic E-state index is 12.5. The molecule has 1 heterocycles. The van der Waals surface area contributed by atoms with Crippen LogP contribution in [0.3, 0.4) is 0 Å². The van der Waals surface area contributed by atoms with Crippen LogP contribution in [-0.2, 0) is 10.5 Å². The van der Waals surface area contributed by atoms with Crippen molar-refractivity contribution >= 4 is 23.7 Å². The van der Waals surface area contributed by atoms with E-state index in [4.69, 9.17) is 9.26 Å². The summed E-state index contributed by atoms with van der Waals surface area (Å²) in [6.45, 7) is 1.74. The first-order valence-electron chi connectivity index (χ1n) is 7.98. The molecule has 0 unspecified atom stereocenters. The minimum atomic E-state index is -0.495. The van der Waals surface area contributed by atoms with Crippen LogP contribution in [0.5, 0.6) is 5.75 Å². The zero-order valence-electron chi connectivity index (χ0n) is 14.7. The van der Waals surface area contributed by atoms with Gasteiger partial charge in [-0.2, -0.15) is 4.98 Å². The Morgan fingerprint density at radius 2 is 1.81 bits per heavy atom. The van der Waals surface area contributed by atoms with E-state index in [0.29, 0.717) is 34.3 Å². The van der Waals surface area contributed by atoms with E-state index in [1.807, 2.05) is 12.1 Å². The molecule has 0 fully saturated rings. The fraction of sp³-hybridized carbons (Fsp3) is 0.158. The zero-order valence-corrected chi connectivity index (χ0v) is 15.5. The summed E-state index contributed by atoms with van der Waals surface area (Å²) in [6.07, 6.45) is 0. The van der Waals surface area contributed by atoms with Crippen LogP contribution in [0.15, 0.2) is 57.9 Å². The van der Waals surface area contributed by atoms with Crippen LogP contribution in [0.25, 0.3) is 0 Å². The second-order valence-corrected chi connectivity index (χ2v) is 6.44. The van der Waals surface area contributed by atoms with Crippen molar-refractivity contribution in [2.45, 2.75) is 17.6 Å². The Labute approximate surface area is 159 Å². The molecule has 0 radical (unpaired) electrons. The second kappa shape index (κ2) is 8.50. The van der Waals surface area contributed by atoms with Gasteiger partial charge in [-0.15, -0.1) is 11.8 Å². The molecule has 1 aromatic heterocycles. The normalized spacial score (nSPS) is 10.4. The predicted octanol–water partition coefficient (Wildman–Crippen LogP) is 3.68. The van der Waals surface area contributed by atoms with Gasteiger partial charge in [-0.25, -0.2) is 9.59 Å². The van der Waals surface area contributed by atoms with Crippen molar-refractivity contribution < 1.29 is 23.6 Å². The fourth-order valence-electron chi connectivity index (χ4n) is 2.24. The predicted molar refractivity (Wildman–Crippen MR) is 97.8 cm³/mol. The Morgan fingerprint density at radius 3 is 2.48 bits per heavy atom. The van der Waals surface area contributed by atoms with Crippen LogP contribution in [-0.4, -0.2) is 29.2 Å². The molecule has 0 atom stereocenters. The summed E-state index contributed by atoms with van der Waals surface area (Å²) in [6, 6.07) is 13.3. The number of aromatic nitrogens is 2. The maximum atomic E-state index is 12.5. The van der Waals surface area contributed by atoms with Gasteiger partial charge in [-0.3, -0.25) is 0 Å². The van der Waals surface area contributed by atoms with Crippen LogP contribution < -0.4 is 4.74 Å². The van der Waals surface area contributed by atoms with Crippen LogP contribution in [0, 0.1) is 6.92 Å². The SMILES string of the molecule is COC(=O)c1ccc(OC(=O)c2ccccc2SCc2nc(C)no2)cc1. The van der Waals surface area contributed by atoms with Crippen LogP contribution in [0.4, 0.5) is 0 Å². The average Bonchev–Trinajstić information content (AvgIpc) is 3.11. The lowest BCUT2D eigenvalue weighted by atomic mass is 10.2. The quantitative estimate of drug-likeness (QED) is 0.361. The van der Waals surface area contributed by atoms with Crippen molar-refractivity contribution in [3.05, 3.63) is 71.4 Å². The first-order chi connectivity index (χ1) is 13.1. The number of thioether (sulfide) groups is 1. The van der Waals surface area contributed by atoms with Gasteiger partial charge in [-0.1, -0.05) is 17.3 Å². The molecule has 0 aliphatic carbocycles. The average molecular weight is 384 g/mol. The largest absolute Gasteiger partial charge is 0.465 e. The summed E-state index contributed by atoms with van der Waals surface area (Å²) in [5, 5.41) is 3.74. The highest BCUT2D eigenvalue weighted by Crippen LogP contribution is 2.27. The van der Waals surface area contributed by atoms with Gasteiger partial charge in [0.2, 0.25) is 5.89 Å². The molecule has 2 aromatic carbocycles. The van der Waals surface area contributed by atoms with Crippen molar-refractivity contribution in [1.29, 1.82) is 0 Å². The molecule has 3 aromatic rings. The number of nitrogens with zero attached hydrogens (tertiary/aromatic N) is 2. The molecule has 138 valence electrons. The minimum Gasteiger partial charge on any atom is -0.465 e. The number of rotatable bonds is 6. The summed E-state index contributed by atoms with van der Waals surface area (Å²) in [7, 11) is 1.31. The molecular weight excluding hydrogens is 368 g/mol. The van der Waals surface area contributed by atoms with Gasteiger partial charge < -0.3 is 14.0 Å². The van der Waals surface area contributed by atoms with E-state index in [1.54, 1.807) is 31.2 Å². The highest BCUT2D eigenvalue weighted by atomic mass is 32.2. The van der Waals surface area contributed by atoms with Gasteiger partial charge in [-0.05, 0) is 43.3 Å². The van der Waals surface area contributed by atoms with E-state index in [9.17, 15) is 9.59 Å². The lowest BCUT2D eigenvalue weighted by Crippen LogP contribution is -2.10. The van der Waals surface area contributed by atoms with Gasteiger partial charge in [0.1, 0.15) is 5.75 Å². The maximum Gasteiger partial charge on any atom is 0.344 e. The standard InChI is InChI=1S/C19H16N2O5S/c1-12-20-17(26-21-12)11-27-16-6-4-3-5-15(16)19(23)25-14-9-7-13(8-10-14)18(22)24-2/h3-10H,11H2,1-2H3. The molecular formula is C19H16N2O5S. The summed E-state index contributed by atoms with van der Waals surface area (Å²) in [4.78, 5) is 28.9. The molecule has 0 saturated heterocycles. The molecule has 0 aliphatic rings. The smallest absolute Gasteiger partial charge is 0.344 e. The lowest BCUT2D eigenvalue weighted by molar-refractivity contribution is 0.0600. The molecule has 0 N–H and O–H groups in total. The summed E-state index contributed by atoms with van der Waals surface area (Å²) >= 11 is 1.40. The Hall–Kier alpha value is -3.13. The second-order valence-electron chi connectivity index (χ2n) is 5.43. The summed E-state index contributed by atoms with van der Waals surface area (Å²) in [5.74, 6) is 0.878. The Kier molecular flexibility index (Phi) is 5.87. The number of carbonyl (C=O) groups is 2. The summed E-state index contributed by atoms with van der Waals surface area (Å²) in [5.41, 5.74) is 0.805. The van der Waals surface area contributed by atoms with Crippen molar-refractivity contribution in [2.24, 2.45) is 0 Å². The molecule has 8 heteroatoms. The van der Waals surface area contributed by atoms with Gasteiger partial charge in [0.25, 0.3) is 0 Å². The van der Waals surface area contributed by atoms with Crippen molar-refractivity contribution in [3.8, 4) is 5.75 Å². The van der Waals surface area contributed by atoms with E-state index in [1.165, 1.54) is 31.0 Å². The first-order valence-corrected chi connectivity index (χ1v) is 8.97.